The summed E-state index contributed by atoms with van der Waals surface area (Å²) in [6.45, 7) is 5.82. The van der Waals surface area contributed by atoms with Crippen LogP contribution in [0.2, 0.25) is 5.02 Å². The molecule has 8 heteroatoms. The van der Waals surface area contributed by atoms with Crippen molar-refractivity contribution in [1.29, 1.82) is 0 Å². The van der Waals surface area contributed by atoms with E-state index in [9.17, 15) is 4.79 Å². The Morgan fingerprint density at radius 2 is 2.14 bits per heavy atom. The zero-order chi connectivity index (χ0) is 16.1. The number of halogens is 1. The van der Waals surface area contributed by atoms with Crippen LogP contribution >= 0.6 is 34.7 Å². The quantitative estimate of drug-likeness (QED) is 0.623. The topological polar surface area (TPSA) is 64.1 Å². The molecule has 5 nitrogen and oxygen atoms in total. The molecule has 0 saturated carbocycles. The summed E-state index contributed by atoms with van der Waals surface area (Å²) in [6, 6.07) is 6.92. The van der Waals surface area contributed by atoms with Crippen LogP contribution in [0.25, 0.3) is 0 Å². The van der Waals surface area contributed by atoms with Crippen molar-refractivity contribution >= 4 is 45.7 Å². The van der Waals surface area contributed by atoms with E-state index in [-0.39, 0.29) is 5.91 Å². The van der Waals surface area contributed by atoms with Gasteiger partial charge in [-0.15, -0.1) is 10.2 Å². The number of hydrogen-bond acceptors (Lipinski definition) is 6. The van der Waals surface area contributed by atoms with Crippen LogP contribution < -0.4 is 10.1 Å². The third-order valence-corrected chi connectivity index (χ3v) is 4.61. The van der Waals surface area contributed by atoms with E-state index in [0.29, 0.717) is 21.2 Å². The van der Waals surface area contributed by atoms with Gasteiger partial charge in [-0.2, -0.15) is 0 Å². The van der Waals surface area contributed by atoms with Crippen molar-refractivity contribution in [3.63, 3.8) is 0 Å². The van der Waals surface area contributed by atoms with Crippen LogP contribution in [-0.4, -0.2) is 27.5 Å². The molecule has 1 heterocycles. The number of carbonyl (C=O) groups is 1. The highest BCUT2D eigenvalue weighted by atomic mass is 35.5. The minimum Gasteiger partial charge on any atom is -0.481 e. The minimum atomic E-state index is -0.663. The standard InChI is InChI=1S/C14H16ClN3O2S2/c1-8(2)21-14-18-17-13(22-14)16-12(19)9(3)20-11-6-4-5-10(15)7-11/h4-9H,1-3H3,(H,16,17,19). The molecule has 1 aromatic heterocycles. The van der Waals surface area contributed by atoms with E-state index in [1.54, 1.807) is 43.0 Å². The molecule has 1 aromatic carbocycles. The Hall–Kier alpha value is -1.31. The lowest BCUT2D eigenvalue weighted by molar-refractivity contribution is -0.122. The number of aromatic nitrogens is 2. The predicted octanol–water partition coefficient (Wildman–Crippen LogP) is 4.10. The Kier molecular flexibility index (Phi) is 6.05. The zero-order valence-corrected chi connectivity index (χ0v) is 14.8. The molecule has 0 bridgehead atoms. The van der Waals surface area contributed by atoms with Gasteiger partial charge in [0.2, 0.25) is 5.13 Å². The minimum absolute atomic E-state index is 0.280. The Morgan fingerprint density at radius 3 is 2.82 bits per heavy atom. The van der Waals surface area contributed by atoms with Crippen molar-refractivity contribution in [2.45, 2.75) is 36.5 Å². The summed E-state index contributed by atoms with van der Waals surface area (Å²) >= 11 is 8.84. The molecule has 0 spiro atoms. The Bertz CT molecular complexity index is 649. The molecule has 0 aliphatic carbocycles. The smallest absolute Gasteiger partial charge is 0.266 e. The SMILES string of the molecule is CC(C)Sc1nnc(NC(=O)C(C)Oc2cccc(Cl)c2)s1. The van der Waals surface area contributed by atoms with Crippen molar-refractivity contribution in [3.05, 3.63) is 29.3 Å². The summed E-state index contributed by atoms with van der Waals surface area (Å²) in [5.74, 6) is 0.265. The van der Waals surface area contributed by atoms with Crippen LogP contribution in [0.5, 0.6) is 5.75 Å². The van der Waals surface area contributed by atoms with Gasteiger partial charge in [0.1, 0.15) is 5.75 Å². The summed E-state index contributed by atoms with van der Waals surface area (Å²) in [4.78, 5) is 12.1. The highest BCUT2D eigenvalue weighted by molar-refractivity contribution is 8.01. The predicted molar refractivity (Wildman–Crippen MR) is 91.1 cm³/mol. The van der Waals surface area contributed by atoms with E-state index in [1.807, 2.05) is 0 Å². The molecule has 0 radical (unpaired) electrons. The Morgan fingerprint density at radius 1 is 1.36 bits per heavy atom. The first-order valence-corrected chi connectivity index (χ1v) is 8.74. The van der Waals surface area contributed by atoms with E-state index in [1.165, 1.54) is 11.3 Å². The second-order valence-electron chi connectivity index (χ2n) is 4.75. The summed E-state index contributed by atoms with van der Waals surface area (Å²) in [5.41, 5.74) is 0. The summed E-state index contributed by atoms with van der Waals surface area (Å²) < 4.78 is 6.38. The van der Waals surface area contributed by atoms with E-state index >= 15 is 0 Å². The lowest BCUT2D eigenvalue weighted by atomic mass is 10.3. The van der Waals surface area contributed by atoms with Crippen LogP contribution in [-0.2, 0) is 4.79 Å². The summed E-state index contributed by atoms with van der Waals surface area (Å²) in [7, 11) is 0. The fraction of sp³-hybridized carbons (Fsp3) is 0.357. The van der Waals surface area contributed by atoms with Gasteiger partial charge in [0.15, 0.2) is 10.4 Å². The molecule has 1 unspecified atom stereocenters. The molecule has 1 N–H and O–H groups in total. The Labute approximate surface area is 142 Å². The number of amides is 1. The summed E-state index contributed by atoms with van der Waals surface area (Å²) in [5, 5.41) is 12.1. The van der Waals surface area contributed by atoms with Crippen molar-refractivity contribution in [2.75, 3.05) is 5.32 Å². The molecule has 0 aliphatic heterocycles. The van der Waals surface area contributed by atoms with E-state index in [4.69, 9.17) is 16.3 Å². The average molecular weight is 358 g/mol. The van der Waals surface area contributed by atoms with Gasteiger partial charge in [-0.3, -0.25) is 10.1 Å². The van der Waals surface area contributed by atoms with E-state index < -0.39 is 6.10 Å². The van der Waals surface area contributed by atoms with Gasteiger partial charge in [-0.05, 0) is 25.1 Å². The maximum atomic E-state index is 12.1. The van der Waals surface area contributed by atoms with E-state index in [0.717, 1.165) is 4.34 Å². The number of thioether (sulfide) groups is 1. The molecule has 2 rings (SSSR count). The van der Waals surface area contributed by atoms with Gasteiger partial charge < -0.3 is 4.74 Å². The average Bonchev–Trinajstić information content (AvgIpc) is 2.85. The van der Waals surface area contributed by atoms with Gasteiger partial charge >= 0.3 is 0 Å². The first-order valence-electron chi connectivity index (χ1n) is 6.67. The largest absolute Gasteiger partial charge is 0.481 e. The molecule has 0 saturated heterocycles. The number of carbonyl (C=O) groups excluding carboxylic acids is 1. The van der Waals surface area contributed by atoms with Gasteiger partial charge in [-0.1, -0.05) is 54.6 Å². The molecule has 0 aliphatic rings. The highest BCUT2D eigenvalue weighted by Gasteiger charge is 2.17. The van der Waals surface area contributed by atoms with E-state index in [2.05, 4.69) is 29.4 Å². The molecule has 1 amide bonds. The van der Waals surface area contributed by atoms with Crippen molar-refractivity contribution in [2.24, 2.45) is 0 Å². The molecule has 0 fully saturated rings. The van der Waals surface area contributed by atoms with Crippen molar-refractivity contribution in [3.8, 4) is 5.75 Å². The monoisotopic (exact) mass is 357 g/mol. The lowest BCUT2D eigenvalue weighted by Crippen LogP contribution is -2.30. The second-order valence-corrected chi connectivity index (χ2v) is 7.98. The van der Waals surface area contributed by atoms with Gasteiger partial charge in [0.05, 0.1) is 0 Å². The number of nitrogens with one attached hydrogen (secondary N) is 1. The number of ether oxygens (including phenoxy) is 1. The number of rotatable bonds is 6. The number of benzene rings is 1. The highest BCUT2D eigenvalue weighted by Crippen LogP contribution is 2.28. The maximum Gasteiger partial charge on any atom is 0.266 e. The van der Waals surface area contributed by atoms with Crippen LogP contribution in [0, 0.1) is 0 Å². The molecule has 1 atom stereocenters. The fourth-order valence-electron chi connectivity index (χ4n) is 1.51. The first kappa shape index (κ1) is 17.1. The van der Waals surface area contributed by atoms with Crippen LogP contribution in [0.4, 0.5) is 5.13 Å². The molecule has 22 heavy (non-hydrogen) atoms. The Balaban J connectivity index is 1.92. The lowest BCUT2D eigenvalue weighted by Gasteiger charge is -2.13. The van der Waals surface area contributed by atoms with Gasteiger partial charge in [-0.25, -0.2) is 0 Å². The van der Waals surface area contributed by atoms with Crippen LogP contribution in [0.3, 0.4) is 0 Å². The van der Waals surface area contributed by atoms with Crippen molar-refractivity contribution < 1.29 is 9.53 Å². The molecule has 2 aromatic rings. The third-order valence-electron chi connectivity index (χ3n) is 2.45. The third kappa shape index (κ3) is 5.15. The van der Waals surface area contributed by atoms with Crippen molar-refractivity contribution in [1.82, 2.24) is 10.2 Å². The maximum absolute atomic E-state index is 12.1. The molecular formula is C14H16ClN3O2S2. The normalized spacial score (nSPS) is 12.2. The number of anilines is 1. The van der Waals surface area contributed by atoms with Gasteiger partial charge in [0, 0.05) is 10.3 Å². The zero-order valence-electron chi connectivity index (χ0n) is 12.4. The molecule has 118 valence electrons. The second kappa shape index (κ2) is 7.80. The summed E-state index contributed by atoms with van der Waals surface area (Å²) in [6.07, 6.45) is -0.663. The number of hydrogen-bond donors (Lipinski definition) is 1. The fourth-order valence-corrected chi connectivity index (χ4v) is 3.67. The van der Waals surface area contributed by atoms with Crippen LogP contribution in [0.1, 0.15) is 20.8 Å². The first-order chi connectivity index (χ1) is 10.4. The van der Waals surface area contributed by atoms with Crippen LogP contribution in [0.15, 0.2) is 28.6 Å². The van der Waals surface area contributed by atoms with Gasteiger partial charge in [0.25, 0.3) is 5.91 Å². The molecular weight excluding hydrogens is 342 g/mol. The number of nitrogens with zero attached hydrogens (tertiary/aromatic N) is 2.